The van der Waals surface area contributed by atoms with Gasteiger partial charge >= 0.3 is 0 Å². The monoisotopic (exact) mass is 326 g/mol. The highest BCUT2D eigenvalue weighted by atomic mass is 32.2. The number of halogens is 2. The highest BCUT2D eigenvalue weighted by Gasteiger charge is 2.20. The van der Waals surface area contributed by atoms with Crippen molar-refractivity contribution in [1.82, 2.24) is 5.16 Å². The first-order valence-electron chi connectivity index (χ1n) is 6.59. The zero-order valence-electron chi connectivity index (χ0n) is 12.4. The van der Waals surface area contributed by atoms with E-state index in [-0.39, 0.29) is 11.3 Å². The fourth-order valence-electron chi connectivity index (χ4n) is 1.66. The van der Waals surface area contributed by atoms with E-state index in [0.29, 0.717) is 33.8 Å². The number of benzene rings is 1. The topological polar surface area (TPSA) is 55.1 Å². The van der Waals surface area contributed by atoms with Crippen LogP contribution in [0.1, 0.15) is 36.9 Å². The molecular weight excluding hydrogens is 310 g/mol. The summed E-state index contributed by atoms with van der Waals surface area (Å²) in [6, 6.07) is 7.61. The number of nitrogens with one attached hydrogen (secondary N) is 1. The van der Waals surface area contributed by atoms with E-state index in [4.69, 9.17) is 4.52 Å². The van der Waals surface area contributed by atoms with Gasteiger partial charge in [-0.3, -0.25) is 4.79 Å². The van der Waals surface area contributed by atoms with E-state index in [0.717, 1.165) is 0 Å². The van der Waals surface area contributed by atoms with Crippen LogP contribution in [0.2, 0.25) is 0 Å². The first-order valence-corrected chi connectivity index (χ1v) is 7.47. The number of hydrogen-bond acceptors (Lipinski definition) is 4. The van der Waals surface area contributed by atoms with Crippen molar-refractivity contribution in [1.29, 1.82) is 0 Å². The molecule has 1 heterocycles. The number of thioether (sulfide) groups is 1. The molecule has 4 nitrogen and oxygen atoms in total. The van der Waals surface area contributed by atoms with E-state index in [1.165, 1.54) is 24.3 Å². The smallest absolute Gasteiger partial charge is 0.288 e. The molecule has 0 saturated heterocycles. The molecule has 0 saturated carbocycles. The summed E-state index contributed by atoms with van der Waals surface area (Å²) in [5, 5.41) is 6.41. The lowest BCUT2D eigenvalue weighted by Gasteiger charge is -2.12. The van der Waals surface area contributed by atoms with Gasteiger partial charge in [0.15, 0.2) is 5.82 Å². The SMILES string of the molecule is CC(C)(C)c1cc(NC(=O)c2ccc(SC(F)F)cc2)no1. The van der Waals surface area contributed by atoms with Crippen LogP contribution in [0.3, 0.4) is 0 Å². The highest BCUT2D eigenvalue weighted by molar-refractivity contribution is 7.99. The lowest BCUT2D eigenvalue weighted by atomic mass is 9.93. The van der Waals surface area contributed by atoms with Crippen LogP contribution in [0, 0.1) is 0 Å². The Balaban J connectivity index is 2.04. The summed E-state index contributed by atoms with van der Waals surface area (Å²) < 4.78 is 29.6. The van der Waals surface area contributed by atoms with E-state index in [1.807, 2.05) is 20.8 Å². The lowest BCUT2D eigenvalue weighted by molar-refractivity contribution is 0.102. The molecule has 1 aromatic carbocycles. The largest absolute Gasteiger partial charge is 0.359 e. The van der Waals surface area contributed by atoms with Gasteiger partial charge in [0.2, 0.25) is 0 Å². The van der Waals surface area contributed by atoms with Gasteiger partial charge < -0.3 is 9.84 Å². The summed E-state index contributed by atoms with van der Waals surface area (Å²) in [6.07, 6.45) is 0. The number of aromatic nitrogens is 1. The van der Waals surface area contributed by atoms with Crippen molar-refractivity contribution >= 4 is 23.5 Å². The third kappa shape index (κ3) is 4.30. The number of amides is 1. The van der Waals surface area contributed by atoms with Crippen LogP contribution >= 0.6 is 11.8 Å². The van der Waals surface area contributed by atoms with Crippen molar-refractivity contribution in [3.63, 3.8) is 0 Å². The van der Waals surface area contributed by atoms with Gasteiger partial charge in [-0.1, -0.05) is 37.7 Å². The van der Waals surface area contributed by atoms with Crippen LogP contribution in [-0.2, 0) is 5.41 Å². The molecule has 1 amide bonds. The van der Waals surface area contributed by atoms with Crippen molar-refractivity contribution in [3.05, 3.63) is 41.7 Å². The van der Waals surface area contributed by atoms with Crippen molar-refractivity contribution < 1.29 is 18.1 Å². The van der Waals surface area contributed by atoms with E-state index in [1.54, 1.807) is 6.07 Å². The Morgan fingerprint density at radius 3 is 2.41 bits per heavy atom. The zero-order valence-corrected chi connectivity index (χ0v) is 13.2. The van der Waals surface area contributed by atoms with E-state index in [2.05, 4.69) is 10.5 Å². The number of carbonyl (C=O) groups excluding carboxylic acids is 1. The average molecular weight is 326 g/mol. The fourth-order valence-corrected chi connectivity index (χ4v) is 2.16. The second-order valence-corrected chi connectivity index (χ2v) is 6.75. The van der Waals surface area contributed by atoms with Crippen LogP contribution in [0.5, 0.6) is 0 Å². The summed E-state index contributed by atoms with van der Waals surface area (Å²) in [7, 11) is 0. The predicted molar refractivity (Wildman–Crippen MR) is 81.5 cm³/mol. The summed E-state index contributed by atoms with van der Waals surface area (Å²) in [4.78, 5) is 12.5. The van der Waals surface area contributed by atoms with Gasteiger partial charge in [0.05, 0.1) is 0 Å². The summed E-state index contributed by atoms with van der Waals surface area (Å²) >= 11 is 0.436. The molecule has 1 N–H and O–H groups in total. The molecule has 0 fully saturated rings. The molecule has 0 radical (unpaired) electrons. The van der Waals surface area contributed by atoms with E-state index in [9.17, 15) is 13.6 Å². The summed E-state index contributed by atoms with van der Waals surface area (Å²) in [6.45, 7) is 5.91. The molecule has 7 heteroatoms. The Kier molecular flexibility index (Phi) is 4.85. The van der Waals surface area contributed by atoms with Gasteiger partial charge in [-0.25, -0.2) is 0 Å². The molecular formula is C15H16F2N2O2S. The van der Waals surface area contributed by atoms with Gasteiger partial charge in [-0.05, 0) is 24.3 Å². The van der Waals surface area contributed by atoms with Crippen LogP contribution < -0.4 is 5.32 Å². The molecule has 2 rings (SSSR count). The van der Waals surface area contributed by atoms with Crippen LogP contribution in [0.4, 0.5) is 14.6 Å². The highest BCUT2D eigenvalue weighted by Crippen LogP contribution is 2.26. The zero-order chi connectivity index (χ0) is 16.3. The molecule has 0 aliphatic carbocycles. The third-order valence-corrected chi connectivity index (χ3v) is 3.56. The van der Waals surface area contributed by atoms with Crippen molar-refractivity contribution in [3.8, 4) is 0 Å². The van der Waals surface area contributed by atoms with Gasteiger partial charge in [0, 0.05) is 21.9 Å². The van der Waals surface area contributed by atoms with Gasteiger partial charge in [-0.2, -0.15) is 8.78 Å². The Morgan fingerprint density at radius 1 is 1.27 bits per heavy atom. The molecule has 0 bridgehead atoms. The maximum absolute atomic E-state index is 12.2. The van der Waals surface area contributed by atoms with Gasteiger partial charge in [0.25, 0.3) is 11.7 Å². The summed E-state index contributed by atoms with van der Waals surface area (Å²) in [5.41, 5.74) is 0.156. The Morgan fingerprint density at radius 2 is 1.91 bits per heavy atom. The second-order valence-electron chi connectivity index (χ2n) is 5.68. The first-order chi connectivity index (χ1) is 10.3. The third-order valence-electron chi connectivity index (χ3n) is 2.83. The van der Waals surface area contributed by atoms with E-state index < -0.39 is 5.76 Å². The summed E-state index contributed by atoms with van der Waals surface area (Å²) in [5.74, 6) is -1.87. The molecule has 0 aliphatic rings. The molecule has 0 aliphatic heterocycles. The van der Waals surface area contributed by atoms with Crippen LogP contribution in [-0.4, -0.2) is 16.8 Å². The number of anilines is 1. The van der Waals surface area contributed by atoms with E-state index >= 15 is 0 Å². The number of carbonyl (C=O) groups is 1. The van der Waals surface area contributed by atoms with Crippen LogP contribution in [0.15, 0.2) is 39.8 Å². The lowest BCUT2D eigenvalue weighted by Crippen LogP contribution is -2.12. The fraction of sp³-hybridized carbons (Fsp3) is 0.333. The standard InChI is InChI=1S/C15H16F2N2O2S/c1-15(2,3)11-8-12(19-21-11)18-13(20)9-4-6-10(7-5-9)22-14(16)17/h4-8,14H,1-3H3,(H,18,19,20). The number of alkyl halides is 2. The average Bonchev–Trinajstić information content (AvgIpc) is 2.87. The second kappa shape index (κ2) is 6.48. The Hall–Kier alpha value is -1.89. The normalized spacial score (nSPS) is 11.7. The van der Waals surface area contributed by atoms with Crippen molar-refractivity contribution in [2.45, 2.75) is 36.8 Å². The minimum absolute atomic E-state index is 0.204. The number of nitrogens with zero attached hydrogens (tertiary/aromatic N) is 1. The number of hydrogen-bond donors (Lipinski definition) is 1. The molecule has 0 spiro atoms. The van der Waals surface area contributed by atoms with Crippen LogP contribution in [0.25, 0.3) is 0 Å². The van der Waals surface area contributed by atoms with Crippen molar-refractivity contribution in [2.75, 3.05) is 5.32 Å². The first kappa shape index (κ1) is 16.5. The molecule has 1 aromatic heterocycles. The number of rotatable bonds is 4. The quantitative estimate of drug-likeness (QED) is 0.838. The molecule has 0 unspecified atom stereocenters. The van der Waals surface area contributed by atoms with Gasteiger partial charge in [0.1, 0.15) is 5.76 Å². The van der Waals surface area contributed by atoms with Gasteiger partial charge in [-0.15, -0.1) is 0 Å². The maximum Gasteiger partial charge on any atom is 0.288 e. The molecule has 118 valence electrons. The molecule has 22 heavy (non-hydrogen) atoms. The minimum atomic E-state index is -2.48. The minimum Gasteiger partial charge on any atom is -0.359 e. The Labute approximate surface area is 131 Å². The Bertz CT molecular complexity index is 648. The predicted octanol–water partition coefficient (Wildman–Crippen LogP) is 4.54. The molecule has 2 aromatic rings. The molecule has 0 atom stereocenters. The maximum atomic E-state index is 12.2. The van der Waals surface area contributed by atoms with Crippen molar-refractivity contribution in [2.24, 2.45) is 0 Å².